The Hall–Kier alpha value is -1.10. The molecule has 0 spiro atoms. The third-order valence-electron chi connectivity index (χ3n) is 4.05. The summed E-state index contributed by atoms with van der Waals surface area (Å²) in [5, 5.41) is 10.0. The van der Waals surface area contributed by atoms with E-state index in [1.54, 1.807) is 0 Å². The molecule has 1 fully saturated rings. The molecular weight excluding hydrogens is 250 g/mol. The third kappa shape index (κ3) is 3.32. The first-order valence-corrected chi connectivity index (χ1v) is 7.46. The minimum Gasteiger partial charge on any atom is -0.391 e. The van der Waals surface area contributed by atoms with Gasteiger partial charge in [0, 0.05) is 30.9 Å². The maximum atomic E-state index is 10.0. The predicted octanol–water partition coefficient (Wildman–Crippen LogP) is 1.60. The fourth-order valence-electron chi connectivity index (χ4n) is 3.06. The molecule has 1 aliphatic rings. The summed E-state index contributed by atoms with van der Waals surface area (Å²) in [6.07, 6.45) is 1.51. The molecule has 3 N–H and O–H groups in total. The summed E-state index contributed by atoms with van der Waals surface area (Å²) in [5.74, 6) is 0. The van der Waals surface area contributed by atoms with E-state index in [1.165, 1.54) is 11.3 Å². The fraction of sp³-hybridized carbons (Fsp3) is 0.625. The summed E-state index contributed by atoms with van der Waals surface area (Å²) in [6.45, 7) is 3.76. The summed E-state index contributed by atoms with van der Waals surface area (Å²) in [4.78, 5) is 4.51. The van der Waals surface area contributed by atoms with Gasteiger partial charge in [-0.05, 0) is 38.6 Å². The van der Waals surface area contributed by atoms with Gasteiger partial charge in [-0.3, -0.25) is 0 Å². The molecule has 1 saturated heterocycles. The Kier molecular flexibility index (Phi) is 5.02. The zero-order chi connectivity index (χ0) is 14.7. The maximum absolute atomic E-state index is 10.0. The van der Waals surface area contributed by atoms with Crippen LogP contribution in [-0.2, 0) is 0 Å². The molecule has 20 heavy (non-hydrogen) atoms. The normalized spacial score (nSPS) is 24.4. The number of aliphatic hydroxyl groups excluding tert-OH is 1. The zero-order valence-electron chi connectivity index (χ0n) is 12.8. The van der Waals surface area contributed by atoms with Crippen LogP contribution in [0.15, 0.2) is 24.3 Å². The van der Waals surface area contributed by atoms with E-state index >= 15 is 0 Å². The number of likely N-dealkylation sites (N-methyl/N-ethyl adjacent to an activating group) is 1. The lowest BCUT2D eigenvalue weighted by Crippen LogP contribution is -2.38. The van der Waals surface area contributed by atoms with E-state index in [0.29, 0.717) is 12.6 Å². The Morgan fingerprint density at radius 1 is 1.40 bits per heavy atom. The van der Waals surface area contributed by atoms with Crippen molar-refractivity contribution < 1.29 is 5.11 Å². The molecule has 3 atom stereocenters. The van der Waals surface area contributed by atoms with Gasteiger partial charge in [-0.2, -0.15) is 0 Å². The first-order valence-electron chi connectivity index (χ1n) is 7.46. The number of anilines is 1. The van der Waals surface area contributed by atoms with Crippen LogP contribution in [0.3, 0.4) is 0 Å². The van der Waals surface area contributed by atoms with Gasteiger partial charge >= 0.3 is 0 Å². The van der Waals surface area contributed by atoms with Gasteiger partial charge in [0.15, 0.2) is 0 Å². The van der Waals surface area contributed by atoms with Crippen LogP contribution in [0.25, 0.3) is 0 Å². The van der Waals surface area contributed by atoms with E-state index in [9.17, 15) is 5.11 Å². The lowest BCUT2D eigenvalue weighted by atomic mass is 10.0. The van der Waals surface area contributed by atoms with Gasteiger partial charge in [-0.25, -0.2) is 0 Å². The van der Waals surface area contributed by atoms with Crippen LogP contribution in [0.1, 0.15) is 31.4 Å². The molecule has 0 bridgehead atoms. The minimum absolute atomic E-state index is 0.0592. The Morgan fingerprint density at radius 3 is 2.75 bits per heavy atom. The maximum Gasteiger partial charge on any atom is 0.0735 e. The van der Waals surface area contributed by atoms with Crippen molar-refractivity contribution in [2.75, 3.05) is 32.1 Å². The number of para-hydroxylation sites is 1. The van der Waals surface area contributed by atoms with E-state index in [-0.39, 0.29) is 12.1 Å². The average Bonchev–Trinajstić information content (AvgIpc) is 2.77. The fourth-order valence-corrected chi connectivity index (χ4v) is 3.06. The number of nitrogens with two attached hydrogens (primary N) is 1. The Morgan fingerprint density at radius 2 is 2.10 bits per heavy atom. The van der Waals surface area contributed by atoms with E-state index in [0.717, 1.165) is 19.4 Å². The Labute approximate surface area is 122 Å². The second kappa shape index (κ2) is 6.57. The average molecular weight is 277 g/mol. The van der Waals surface area contributed by atoms with Crippen molar-refractivity contribution in [1.29, 1.82) is 0 Å². The van der Waals surface area contributed by atoms with Crippen molar-refractivity contribution in [2.24, 2.45) is 5.73 Å². The van der Waals surface area contributed by atoms with Gasteiger partial charge in [0.25, 0.3) is 0 Å². The molecule has 0 saturated carbocycles. The second-order valence-corrected chi connectivity index (χ2v) is 6.03. The van der Waals surface area contributed by atoms with Crippen LogP contribution in [0.4, 0.5) is 5.69 Å². The highest BCUT2D eigenvalue weighted by Crippen LogP contribution is 2.32. The SMILES string of the molecule is CCC(N)c1ccccc1N1CC(O)CC1CN(C)C. The molecule has 2 rings (SSSR count). The quantitative estimate of drug-likeness (QED) is 0.858. The van der Waals surface area contributed by atoms with Crippen LogP contribution in [0.2, 0.25) is 0 Å². The molecule has 0 aromatic heterocycles. The van der Waals surface area contributed by atoms with Gasteiger partial charge in [0.05, 0.1) is 6.10 Å². The van der Waals surface area contributed by atoms with E-state index < -0.39 is 0 Å². The molecule has 0 amide bonds. The second-order valence-electron chi connectivity index (χ2n) is 6.03. The van der Waals surface area contributed by atoms with Crippen molar-refractivity contribution >= 4 is 5.69 Å². The summed E-state index contributed by atoms with van der Waals surface area (Å²) >= 11 is 0. The van der Waals surface area contributed by atoms with Gasteiger partial charge in [0.1, 0.15) is 0 Å². The highest BCUT2D eigenvalue weighted by molar-refractivity contribution is 5.57. The molecule has 1 aromatic carbocycles. The lowest BCUT2D eigenvalue weighted by Gasteiger charge is -2.31. The first kappa shape index (κ1) is 15.3. The number of rotatable bonds is 5. The van der Waals surface area contributed by atoms with Crippen molar-refractivity contribution in [3.8, 4) is 0 Å². The van der Waals surface area contributed by atoms with Crippen LogP contribution >= 0.6 is 0 Å². The zero-order valence-corrected chi connectivity index (χ0v) is 12.8. The van der Waals surface area contributed by atoms with Crippen molar-refractivity contribution in [3.63, 3.8) is 0 Å². The van der Waals surface area contributed by atoms with Crippen LogP contribution < -0.4 is 10.6 Å². The Bertz CT molecular complexity index is 435. The molecule has 1 aromatic rings. The predicted molar refractivity (Wildman–Crippen MR) is 84.0 cm³/mol. The molecule has 0 radical (unpaired) electrons. The van der Waals surface area contributed by atoms with Crippen LogP contribution in [-0.4, -0.2) is 49.3 Å². The highest BCUT2D eigenvalue weighted by Gasteiger charge is 2.32. The minimum atomic E-state index is -0.245. The van der Waals surface area contributed by atoms with E-state index in [2.05, 4.69) is 49.0 Å². The summed E-state index contributed by atoms with van der Waals surface area (Å²) in [5.41, 5.74) is 8.62. The monoisotopic (exact) mass is 277 g/mol. The molecule has 0 aliphatic carbocycles. The summed E-state index contributed by atoms with van der Waals surface area (Å²) in [7, 11) is 4.15. The van der Waals surface area contributed by atoms with E-state index in [1.807, 2.05) is 6.07 Å². The number of hydrogen-bond donors (Lipinski definition) is 2. The van der Waals surface area contributed by atoms with Crippen LogP contribution in [0, 0.1) is 0 Å². The van der Waals surface area contributed by atoms with Gasteiger partial charge < -0.3 is 20.6 Å². The third-order valence-corrected chi connectivity index (χ3v) is 4.05. The molecule has 4 heteroatoms. The highest BCUT2D eigenvalue weighted by atomic mass is 16.3. The summed E-state index contributed by atoms with van der Waals surface area (Å²) in [6, 6.07) is 8.75. The molecule has 4 nitrogen and oxygen atoms in total. The van der Waals surface area contributed by atoms with E-state index in [4.69, 9.17) is 5.73 Å². The molecular formula is C16H27N3O. The number of β-amino-alcohol motifs (C(OH)–C–C–N with tert-alkyl or cyclic N) is 1. The molecule has 3 unspecified atom stereocenters. The first-order chi connectivity index (χ1) is 9.52. The number of hydrogen-bond acceptors (Lipinski definition) is 4. The van der Waals surface area contributed by atoms with Crippen molar-refractivity contribution in [2.45, 2.75) is 38.0 Å². The van der Waals surface area contributed by atoms with Crippen molar-refractivity contribution in [1.82, 2.24) is 4.90 Å². The number of aliphatic hydroxyl groups is 1. The van der Waals surface area contributed by atoms with Crippen LogP contribution in [0.5, 0.6) is 0 Å². The summed E-state index contributed by atoms with van der Waals surface area (Å²) < 4.78 is 0. The van der Waals surface area contributed by atoms with Gasteiger partial charge in [0.2, 0.25) is 0 Å². The smallest absolute Gasteiger partial charge is 0.0735 e. The molecule has 1 aliphatic heterocycles. The number of nitrogens with zero attached hydrogens (tertiary/aromatic N) is 2. The lowest BCUT2D eigenvalue weighted by molar-refractivity contribution is 0.191. The van der Waals surface area contributed by atoms with Gasteiger partial charge in [-0.15, -0.1) is 0 Å². The van der Waals surface area contributed by atoms with Gasteiger partial charge in [-0.1, -0.05) is 25.1 Å². The topological polar surface area (TPSA) is 52.7 Å². The standard InChI is InChI=1S/C16H27N3O/c1-4-15(17)14-7-5-6-8-16(14)19-11-13(20)9-12(19)10-18(2)3/h5-8,12-13,15,20H,4,9-11,17H2,1-3H3. The van der Waals surface area contributed by atoms with Crippen molar-refractivity contribution in [3.05, 3.63) is 29.8 Å². The Balaban J connectivity index is 2.29. The molecule has 112 valence electrons. The largest absolute Gasteiger partial charge is 0.391 e. The number of benzene rings is 1. The molecule has 1 heterocycles.